The third-order valence-corrected chi connectivity index (χ3v) is 7.54. The zero-order valence-electron chi connectivity index (χ0n) is 24.7. The van der Waals surface area contributed by atoms with Gasteiger partial charge in [0.05, 0.1) is 21.1 Å². The molecule has 0 aromatic rings. The lowest BCUT2D eigenvalue weighted by atomic mass is 9.96. The van der Waals surface area contributed by atoms with Crippen LogP contribution in [0.1, 0.15) is 117 Å². The highest BCUT2D eigenvalue weighted by molar-refractivity contribution is 7.46. The van der Waals surface area contributed by atoms with E-state index in [2.05, 4.69) is 12.2 Å². The number of amides is 1. The van der Waals surface area contributed by atoms with Crippen molar-refractivity contribution in [3.63, 3.8) is 0 Å². The van der Waals surface area contributed by atoms with E-state index in [0.717, 1.165) is 19.4 Å². The first-order chi connectivity index (χ1) is 17.5. The van der Waals surface area contributed by atoms with Crippen LogP contribution in [0, 0.1) is 5.92 Å². The summed E-state index contributed by atoms with van der Waals surface area (Å²) >= 11 is 0. The van der Waals surface area contributed by atoms with Crippen molar-refractivity contribution in [3.8, 4) is 0 Å². The van der Waals surface area contributed by atoms with Gasteiger partial charge in [0.15, 0.2) is 0 Å². The topological polar surface area (TPSA) is 105 Å². The minimum atomic E-state index is -4.52. The van der Waals surface area contributed by atoms with E-state index in [1.54, 1.807) is 0 Å². The Labute approximate surface area is 228 Å². The highest BCUT2D eigenvalue weighted by atomic mass is 31.2. The van der Waals surface area contributed by atoms with Gasteiger partial charge < -0.3 is 24.3 Å². The second kappa shape index (κ2) is 22.3. The second-order valence-corrected chi connectivity index (χ2v) is 12.8. The zero-order chi connectivity index (χ0) is 28.0. The van der Waals surface area contributed by atoms with Crippen molar-refractivity contribution in [1.29, 1.82) is 0 Å². The molecule has 0 aliphatic rings. The van der Waals surface area contributed by atoms with Crippen molar-refractivity contribution >= 4 is 13.7 Å². The summed E-state index contributed by atoms with van der Waals surface area (Å²) in [5, 5.41) is 2.85. The molecule has 0 aromatic heterocycles. The minimum Gasteiger partial charge on any atom is -0.381 e. The fourth-order valence-electron chi connectivity index (χ4n) is 4.55. The van der Waals surface area contributed by atoms with Gasteiger partial charge in [0.2, 0.25) is 5.91 Å². The molecule has 2 atom stereocenters. The molecule has 0 saturated carbocycles. The molecule has 0 aliphatic carbocycles. The zero-order valence-corrected chi connectivity index (χ0v) is 25.6. The van der Waals surface area contributed by atoms with Crippen LogP contribution in [0.4, 0.5) is 0 Å². The SMILES string of the molecule is CCCCCCCCCCCCCCCCOCC(CCNC(C)=O)CC(COP(=O)(O)O)[N+](C)(C)C. The first-order valence-electron chi connectivity index (χ1n) is 14.8. The lowest BCUT2D eigenvalue weighted by molar-refractivity contribution is -0.897. The average molecular weight is 552 g/mol. The van der Waals surface area contributed by atoms with Gasteiger partial charge in [0, 0.05) is 33.1 Å². The molecule has 0 heterocycles. The maximum Gasteiger partial charge on any atom is 0.469 e. The number of quaternary nitrogens is 1. The quantitative estimate of drug-likeness (QED) is 0.0672. The van der Waals surface area contributed by atoms with Crippen LogP contribution in [0.25, 0.3) is 0 Å². The molecule has 0 aliphatic heterocycles. The summed E-state index contributed by atoms with van der Waals surface area (Å²) in [6.45, 7) is 5.61. The Hall–Kier alpha value is -0.500. The average Bonchev–Trinajstić information content (AvgIpc) is 2.79. The molecule has 2 unspecified atom stereocenters. The number of likely N-dealkylation sites (N-methyl/N-ethyl adjacent to an activating group) is 1. The number of unbranched alkanes of at least 4 members (excludes halogenated alkanes) is 13. The molecule has 222 valence electrons. The van der Waals surface area contributed by atoms with Crippen molar-refractivity contribution in [2.75, 3.05) is 47.5 Å². The van der Waals surface area contributed by atoms with E-state index in [4.69, 9.17) is 19.0 Å². The Balaban J connectivity index is 4.13. The number of nitrogens with zero attached hydrogens (tertiary/aromatic N) is 1. The number of phosphoric ester groups is 1. The molecule has 0 aromatic carbocycles. The number of carbonyl (C=O) groups excluding carboxylic acids is 1. The summed E-state index contributed by atoms with van der Waals surface area (Å²) in [7, 11) is 1.46. The number of phosphoric acid groups is 1. The Morgan fingerprint density at radius 1 is 0.838 bits per heavy atom. The monoisotopic (exact) mass is 551 g/mol. The fourth-order valence-corrected chi connectivity index (χ4v) is 4.91. The van der Waals surface area contributed by atoms with E-state index in [0.29, 0.717) is 24.1 Å². The van der Waals surface area contributed by atoms with Gasteiger partial charge in [-0.2, -0.15) is 0 Å². The summed E-state index contributed by atoms with van der Waals surface area (Å²) in [6, 6.07) is -0.0976. The summed E-state index contributed by atoms with van der Waals surface area (Å²) in [5.41, 5.74) is 0. The Morgan fingerprint density at radius 2 is 1.32 bits per heavy atom. The van der Waals surface area contributed by atoms with E-state index < -0.39 is 7.82 Å². The van der Waals surface area contributed by atoms with Crippen LogP contribution in [-0.2, 0) is 18.6 Å². The van der Waals surface area contributed by atoms with Crippen LogP contribution in [0.2, 0.25) is 0 Å². The van der Waals surface area contributed by atoms with Gasteiger partial charge >= 0.3 is 7.82 Å². The van der Waals surface area contributed by atoms with Gasteiger partial charge in [-0.05, 0) is 18.8 Å². The predicted octanol–water partition coefficient (Wildman–Crippen LogP) is 6.20. The Morgan fingerprint density at radius 3 is 1.76 bits per heavy atom. The van der Waals surface area contributed by atoms with E-state index in [-0.39, 0.29) is 24.5 Å². The van der Waals surface area contributed by atoms with Gasteiger partial charge in [-0.25, -0.2) is 4.57 Å². The van der Waals surface area contributed by atoms with Crippen molar-refractivity contribution in [3.05, 3.63) is 0 Å². The third-order valence-electron chi connectivity index (χ3n) is 7.06. The third kappa shape index (κ3) is 25.5. The molecule has 8 nitrogen and oxygen atoms in total. The van der Waals surface area contributed by atoms with Crippen molar-refractivity contribution in [2.45, 2.75) is 123 Å². The lowest BCUT2D eigenvalue weighted by Gasteiger charge is -2.36. The normalized spacial score (nSPS) is 14.0. The van der Waals surface area contributed by atoms with Crippen LogP contribution >= 0.6 is 7.82 Å². The van der Waals surface area contributed by atoms with Crippen molar-refractivity contribution < 1.29 is 32.9 Å². The first-order valence-corrected chi connectivity index (χ1v) is 16.3. The molecule has 1 amide bonds. The van der Waals surface area contributed by atoms with Gasteiger partial charge in [-0.1, -0.05) is 90.4 Å². The van der Waals surface area contributed by atoms with Crippen molar-refractivity contribution in [1.82, 2.24) is 5.32 Å². The minimum absolute atomic E-state index is 0.0244. The molecule has 37 heavy (non-hydrogen) atoms. The molecular formula is C28H60N2O6P+. The molecule has 3 N–H and O–H groups in total. The van der Waals surface area contributed by atoms with E-state index in [1.807, 2.05) is 21.1 Å². The lowest BCUT2D eigenvalue weighted by Crippen LogP contribution is -2.49. The summed E-state index contributed by atoms with van der Waals surface area (Å²) < 4.78 is 22.6. The maximum absolute atomic E-state index is 11.3. The van der Waals surface area contributed by atoms with Crippen LogP contribution < -0.4 is 5.32 Å². The molecular weight excluding hydrogens is 491 g/mol. The van der Waals surface area contributed by atoms with Crippen LogP contribution in [0.5, 0.6) is 0 Å². The molecule has 0 spiro atoms. The first kappa shape index (κ1) is 36.5. The van der Waals surface area contributed by atoms with Crippen LogP contribution in [0.3, 0.4) is 0 Å². The van der Waals surface area contributed by atoms with Crippen molar-refractivity contribution in [2.24, 2.45) is 5.92 Å². The van der Waals surface area contributed by atoms with E-state index >= 15 is 0 Å². The number of hydrogen-bond acceptors (Lipinski definition) is 4. The number of carbonyl (C=O) groups is 1. The Kier molecular flexibility index (Phi) is 22.0. The highest BCUT2D eigenvalue weighted by Crippen LogP contribution is 2.37. The smallest absolute Gasteiger partial charge is 0.381 e. The summed E-state index contributed by atoms with van der Waals surface area (Å²) in [5.74, 6) is 0.108. The molecule has 0 bridgehead atoms. The van der Waals surface area contributed by atoms with Gasteiger partial charge in [0.1, 0.15) is 12.6 Å². The molecule has 0 radical (unpaired) electrons. The van der Waals surface area contributed by atoms with Gasteiger partial charge in [0.25, 0.3) is 0 Å². The van der Waals surface area contributed by atoms with E-state index in [9.17, 15) is 9.36 Å². The Bertz CT molecular complexity index is 594. The predicted molar refractivity (Wildman–Crippen MR) is 152 cm³/mol. The molecule has 0 fully saturated rings. The van der Waals surface area contributed by atoms with Gasteiger partial charge in [-0.15, -0.1) is 0 Å². The fraction of sp³-hybridized carbons (Fsp3) is 0.964. The van der Waals surface area contributed by atoms with E-state index in [1.165, 1.54) is 90.4 Å². The van der Waals surface area contributed by atoms with Crippen LogP contribution in [0.15, 0.2) is 0 Å². The second-order valence-electron chi connectivity index (χ2n) is 11.6. The molecule has 0 rings (SSSR count). The molecule has 0 saturated heterocycles. The number of hydrogen-bond donors (Lipinski definition) is 3. The molecule has 9 heteroatoms. The van der Waals surface area contributed by atoms with Crippen LogP contribution in [-0.4, -0.2) is 73.7 Å². The largest absolute Gasteiger partial charge is 0.469 e. The maximum atomic E-state index is 11.3. The number of ether oxygens (including phenoxy) is 1. The standard InChI is InChI=1S/C28H59N2O6P/c1-6-7-8-9-10-11-12-13-14-15-16-17-18-19-22-35-24-27(20-21-29-26(2)31)23-28(30(3,4)5)25-36-37(32,33)34/h27-28H,6-25H2,1-5H3,(H2-,29,31,32,33,34)/p+1. The summed E-state index contributed by atoms with van der Waals surface area (Å²) in [6.07, 6.45) is 20.1. The summed E-state index contributed by atoms with van der Waals surface area (Å²) in [4.78, 5) is 29.6. The number of nitrogens with one attached hydrogen (secondary N) is 1. The van der Waals surface area contributed by atoms with Gasteiger partial charge in [-0.3, -0.25) is 9.32 Å². The number of rotatable bonds is 26. The highest BCUT2D eigenvalue weighted by Gasteiger charge is 2.30.